The first-order valence-corrected chi connectivity index (χ1v) is 3.73. The maximum Gasteiger partial charge on any atom is 1.00 e. The third kappa shape index (κ3) is 12.0. The average molecular weight is 160 g/mol. The largest absolute Gasteiger partial charge is 1.00 e. The Bertz CT molecular complexity index is 175. The molecule has 0 atom stereocenters. The Labute approximate surface area is 78.7 Å². The fourth-order valence-electron chi connectivity index (χ4n) is 0.218. The van der Waals surface area contributed by atoms with E-state index in [1.165, 1.54) is 6.08 Å². The summed E-state index contributed by atoms with van der Waals surface area (Å²) in [5, 5.41) is 0. The first-order chi connectivity index (χ1) is 3.56. The van der Waals surface area contributed by atoms with Gasteiger partial charge in [0, 0.05) is 0 Å². The predicted octanol–water partition coefficient (Wildman–Crippen LogP) is -2.43. The summed E-state index contributed by atoms with van der Waals surface area (Å²) in [6, 6.07) is 0. The van der Waals surface area contributed by atoms with Crippen molar-refractivity contribution in [1.29, 1.82) is 0 Å². The van der Waals surface area contributed by atoms with E-state index < -0.39 is 10.1 Å². The second-order valence-electron chi connectivity index (χ2n) is 1.32. The molecule has 0 aromatic rings. The second-order valence-corrected chi connectivity index (χ2v) is 2.81. The van der Waals surface area contributed by atoms with Crippen molar-refractivity contribution in [3.05, 3.63) is 12.2 Å². The van der Waals surface area contributed by atoms with Gasteiger partial charge in [0.2, 0.25) is 0 Å². The molecule has 5 heteroatoms. The minimum absolute atomic E-state index is 0. The number of hydrogen-bond acceptors (Lipinski definition) is 2. The van der Waals surface area contributed by atoms with Crippen LogP contribution in [0.3, 0.4) is 0 Å². The maximum absolute atomic E-state index is 9.89. The van der Waals surface area contributed by atoms with E-state index in [1.54, 1.807) is 13.0 Å². The van der Waals surface area contributed by atoms with Gasteiger partial charge in [0.15, 0.2) is 0 Å². The Morgan fingerprint density at radius 1 is 1.67 bits per heavy atom. The molecule has 3 nitrogen and oxygen atoms in total. The molecular formula is C4H9NaO3S. The van der Waals surface area contributed by atoms with Crippen molar-refractivity contribution in [2.45, 2.75) is 6.92 Å². The quantitative estimate of drug-likeness (QED) is 0.277. The van der Waals surface area contributed by atoms with E-state index in [-0.39, 0.29) is 36.7 Å². The molecule has 0 radical (unpaired) electrons. The zero-order valence-electron chi connectivity index (χ0n) is 6.53. The van der Waals surface area contributed by atoms with Gasteiger partial charge in [-0.1, -0.05) is 12.2 Å². The van der Waals surface area contributed by atoms with E-state index in [9.17, 15) is 8.42 Å². The topological polar surface area (TPSA) is 54.4 Å². The summed E-state index contributed by atoms with van der Waals surface area (Å²) in [4.78, 5) is 0. The molecule has 0 aliphatic rings. The van der Waals surface area contributed by atoms with Crippen LogP contribution >= 0.6 is 0 Å². The molecule has 9 heavy (non-hydrogen) atoms. The van der Waals surface area contributed by atoms with Gasteiger partial charge >= 0.3 is 29.6 Å². The van der Waals surface area contributed by atoms with Gasteiger partial charge in [-0.25, -0.2) is 0 Å². The van der Waals surface area contributed by atoms with Crippen molar-refractivity contribution in [1.82, 2.24) is 0 Å². The molecule has 0 amide bonds. The average Bonchev–Trinajstić information content (AvgIpc) is 1.59. The molecule has 0 fully saturated rings. The van der Waals surface area contributed by atoms with Crippen molar-refractivity contribution in [3.8, 4) is 0 Å². The Hall–Kier alpha value is 0.650. The zero-order valence-corrected chi connectivity index (χ0v) is 8.35. The van der Waals surface area contributed by atoms with Gasteiger partial charge in [-0.2, -0.15) is 8.42 Å². The molecule has 0 saturated carbocycles. The van der Waals surface area contributed by atoms with Crippen molar-refractivity contribution in [2.75, 3.05) is 5.75 Å². The molecule has 50 valence electrons. The van der Waals surface area contributed by atoms with E-state index in [0.717, 1.165) is 0 Å². The summed E-state index contributed by atoms with van der Waals surface area (Å²) in [5.41, 5.74) is 0. The third-order valence-electron chi connectivity index (χ3n) is 0.543. The Morgan fingerprint density at radius 3 is 2.22 bits per heavy atom. The van der Waals surface area contributed by atoms with E-state index in [4.69, 9.17) is 4.55 Å². The monoisotopic (exact) mass is 160 g/mol. The zero-order chi connectivity index (χ0) is 6.62. The van der Waals surface area contributed by atoms with Crippen LogP contribution in [-0.2, 0) is 10.1 Å². The summed E-state index contributed by atoms with van der Waals surface area (Å²) in [7, 11) is -3.77. The minimum Gasteiger partial charge on any atom is -1.00 e. The van der Waals surface area contributed by atoms with Crippen LogP contribution in [0.4, 0.5) is 0 Å². The summed E-state index contributed by atoms with van der Waals surface area (Å²) in [5.74, 6) is -0.288. The van der Waals surface area contributed by atoms with Gasteiger partial charge in [-0.3, -0.25) is 4.55 Å². The molecule has 0 unspecified atom stereocenters. The molecule has 0 bridgehead atoms. The van der Waals surface area contributed by atoms with Gasteiger partial charge in [0.25, 0.3) is 10.1 Å². The predicted molar refractivity (Wildman–Crippen MR) is 32.3 cm³/mol. The molecule has 0 heterocycles. The van der Waals surface area contributed by atoms with Crippen LogP contribution in [0.2, 0.25) is 0 Å². The molecule has 0 aromatic heterocycles. The van der Waals surface area contributed by atoms with Crippen molar-refractivity contribution >= 4 is 10.1 Å². The van der Waals surface area contributed by atoms with E-state index in [2.05, 4.69) is 0 Å². The number of allylic oxidation sites excluding steroid dienone is 1. The van der Waals surface area contributed by atoms with E-state index in [1.807, 2.05) is 0 Å². The van der Waals surface area contributed by atoms with E-state index >= 15 is 0 Å². The molecule has 0 aromatic carbocycles. The normalized spacial score (nSPS) is 11.3. The fraction of sp³-hybridized carbons (Fsp3) is 0.500. The van der Waals surface area contributed by atoms with Crippen molar-refractivity contribution in [2.24, 2.45) is 0 Å². The van der Waals surface area contributed by atoms with Gasteiger partial charge < -0.3 is 1.43 Å². The fourth-order valence-corrected chi connectivity index (χ4v) is 0.653. The van der Waals surface area contributed by atoms with Crippen molar-refractivity contribution in [3.63, 3.8) is 0 Å². The van der Waals surface area contributed by atoms with Crippen LogP contribution in [0.25, 0.3) is 0 Å². The van der Waals surface area contributed by atoms with Crippen LogP contribution in [0.1, 0.15) is 8.35 Å². The van der Waals surface area contributed by atoms with Gasteiger partial charge in [0.1, 0.15) is 0 Å². The second kappa shape index (κ2) is 5.44. The number of rotatable bonds is 2. The Balaban J connectivity index is -0.000000245. The summed E-state index contributed by atoms with van der Waals surface area (Å²) in [6.45, 7) is 1.69. The van der Waals surface area contributed by atoms with E-state index in [0.29, 0.717) is 0 Å². The first-order valence-electron chi connectivity index (χ1n) is 2.12. The molecule has 0 saturated heterocycles. The summed E-state index contributed by atoms with van der Waals surface area (Å²) < 4.78 is 27.9. The van der Waals surface area contributed by atoms with Crippen LogP contribution in [0.15, 0.2) is 12.2 Å². The molecule has 0 spiro atoms. The Morgan fingerprint density at radius 2 is 2.11 bits per heavy atom. The smallest absolute Gasteiger partial charge is 1.00 e. The molecule has 1 N–H and O–H groups in total. The van der Waals surface area contributed by atoms with Crippen molar-refractivity contribution < 1.29 is 44.0 Å². The van der Waals surface area contributed by atoms with Crippen LogP contribution in [0.5, 0.6) is 0 Å². The van der Waals surface area contributed by atoms with Crippen LogP contribution < -0.4 is 29.6 Å². The van der Waals surface area contributed by atoms with Gasteiger partial charge in [-0.05, 0) is 6.92 Å². The summed E-state index contributed by atoms with van der Waals surface area (Å²) in [6.07, 6.45) is 2.93. The molecule has 0 aliphatic heterocycles. The number of hydrogen-bond donors (Lipinski definition) is 1. The standard InChI is InChI=1S/C4H8O3S.Na.H/c1-2-3-4-8(5,6)7;;/h2-3H,4H2,1H3,(H,5,6,7);;/q;+1;-1. The molecular weight excluding hydrogens is 151 g/mol. The minimum atomic E-state index is -3.77. The van der Waals surface area contributed by atoms with Crippen LogP contribution in [-0.4, -0.2) is 18.7 Å². The molecule has 0 rings (SSSR count). The van der Waals surface area contributed by atoms with Gasteiger partial charge in [-0.15, -0.1) is 0 Å². The SMILES string of the molecule is CC=CCS(=O)(=O)O.[H-].[Na+]. The third-order valence-corrected chi connectivity index (χ3v) is 1.16. The molecule has 0 aliphatic carbocycles. The maximum atomic E-state index is 9.89. The first kappa shape index (κ1) is 12.3. The van der Waals surface area contributed by atoms with Crippen LogP contribution in [0, 0.1) is 0 Å². The summed E-state index contributed by atoms with van der Waals surface area (Å²) >= 11 is 0. The Kier molecular flexibility index (Phi) is 7.45. The van der Waals surface area contributed by atoms with Gasteiger partial charge in [0.05, 0.1) is 5.75 Å².